The first kappa shape index (κ1) is 15.9. The average Bonchev–Trinajstić information content (AvgIpc) is 3.03. The lowest BCUT2D eigenvalue weighted by Gasteiger charge is -2.33. The molecule has 1 aliphatic heterocycles. The van der Waals surface area contributed by atoms with E-state index in [2.05, 4.69) is 25.4 Å². The van der Waals surface area contributed by atoms with Crippen LogP contribution in [-0.2, 0) is 9.53 Å². The van der Waals surface area contributed by atoms with E-state index in [0.717, 1.165) is 18.7 Å². The molecule has 0 radical (unpaired) electrons. The van der Waals surface area contributed by atoms with E-state index in [-0.39, 0.29) is 17.9 Å². The van der Waals surface area contributed by atoms with Crippen molar-refractivity contribution in [2.75, 3.05) is 31.6 Å². The molecule has 2 aromatic rings. The Morgan fingerprint density at radius 2 is 2.43 bits per heavy atom. The van der Waals surface area contributed by atoms with Crippen molar-refractivity contribution in [2.45, 2.75) is 13.0 Å². The fourth-order valence-corrected chi connectivity index (χ4v) is 2.72. The number of halogens is 1. The van der Waals surface area contributed by atoms with Gasteiger partial charge in [-0.05, 0) is 18.7 Å². The van der Waals surface area contributed by atoms with Crippen molar-refractivity contribution in [2.24, 2.45) is 0 Å². The SMILES string of the molecule is CCN1CCOCC1C(=O)Nc1n[nH]c(-c2cccc(Cl)c2)n1. The Hall–Kier alpha value is -1.96. The molecular weight excluding hydrogens is 318 g/mol. The zero-order chi connectivity index (χ0) is 16.2. The van der Waals surface area contributed by atoms with Gasteiger partial charge in [0.25, 0.3) is 0 Å². The summed E-state index contributed by atoms with van der Waals surface area (Å²) in [4.78, 5) is 18.8. The van der Waals surface area contributed by atoms with Gasteiger partial charge in [-0.1, -0.05) is 30.7 Å². The van der Waals surface area contributed by atoms with Gasteiger partial charge in [0.15, 0.2) is 5.82 Å². The van der Waals surface area contributed by atoms with Crippen LogP contribution in [0.2, 0.25) is 5.02 Å². The van der Waals surface area contributed by atoms with Crippen LogP contribution in [-0.4, -0.2) is 58.3 Å². The third-order valence-corrected chi connectivity index (χ3v) is 4.00. The van der Waals surface area contributed by atoms with Crippen LogP contribution < -0.4 is 5.32 Å². The van der Waals surface area contributed by atoms with E-state index in [1.165, 1.54) is 0 Å². The summed E-state index contributed by atoms with van der Waals surface area (Å²) in [5.74, 6) is 0.629. The van der Waals surface area contributed by atoms with Gasteiger partial charge >= 0.3 is 0 Å². The molecule has 23 heavy (non-hydrogen) atoms. The summed E-state index contributed by atoms with van der Waals surface area (Å²) in [5, 5.41) is 10.2. The molecular formula is C15H18ClN5O2. The molecule has 1 aromatic heterocycles. The Bertz CT molecular complexity index is 690. The number of aromatic nitrogens is 3. The Balaban J connectivity index is 1.70. The molecule has 0 saturated carbocycles. The highest BCUT2D eigenvalue weighted by Crippen LogP contribution is 2.20. The molecule has 0 bridgehead atoms. The lowest BCUT2D eigenvalue weighted by molar-refractivity contribution is -0.127. The van der Waals surface area contributed by atoms with Gasteiger partial charge in [0.2, 0.25) is 11.9 Å². The second-order valence-electron chi connectivity index (χ2n) is 5.23. The topological polar surface area (TPSA) is 83.1 Å². The van der Waals surface area contributed by atoms with Crippen LogP contribution in [0, 0.1) is 0 Å². The second-order valence-corrected chi connectivity index (χ2v) is 5.66. The summed E-state index contributed by atoms with van der Waals surface area (Å²) >= 11 is 5.97. The first-order valence-corrected chi connectivity index (χ1v) is 7.86. The predicted octanol–water partition coefficient (Wildman–Crippen LogP) is 1.78. The average molecular weight is 336 g/mol. The lowest BCUT2D eigenvalue weighted by Crippen LogP contribution is -2.51. The summed E-state index contributed by atoms with van der Waals surface area (Å²) in [5.41, 5.74) is 0.807. The molecule has 0 spiro atoms. The van der Waals surface area contributed by atoms with Crippen LogP contribution in [0.25, 0.3) is 11.4 Å². The minimum absolute atomic E-state index is 0.164. The molecule has 0 aliphatic carbocycles. The van der Waals surface area contributed by atoms with Gasteiger partial charge in [-0.25, -0.2) is 0 Å². The van der Waals surface area contributed by atoms with Crippen molar-refractivity contribution < 1.29 is 9.53 Å². The van der Waals surface area contributed by atoms with E-state index in [4.69, 9.17) is 16.3 Å². The first-order valence-electron chi connectivity index (χ1n) is 7.48. The number of carbonyl (C=O) groups excluding carboxylic acids is 1. The molecule has 1 amide bonds. The molecule has 8 heteroatoms. The molecule has 1 saturated heterocycles. The largest absolute Gasteiger partial charge is 0.378 e. The fraction of sp³-hybridized carbons (Fsp3) is 0.400. The van der Waals surface area contributed by atoms with E-state index < -0.39 is 0 Å². The van der Waals surface area contributed by atoms with Crippen LogP contribution >= 0.6 is 11.6 Å². The number of likely N-dealkylation sites (N-methyl/N-ethyl adjacent to an activating group) is 1. The molecule has 1 atom stereocenters. The van der Waals surface area contributed by atoms with E-state index in [1.54, 1.807) is 12.1 Å². The molecule has 2 N–H and O–H groups in total. The number of nitrogens with zero attached hydrogens (tertiary/aromatic N) is 3. The van der Waals surface area contributed by atoms with E-state index in [0.29, 0.717) is 24.1 Å². The van der Waals surface area contributed by atoms with Crippen LogP contribution in [0.1, 0.15) is 6.92 Å². The zero-order valence-electron chi connectivity index (χ0n) is 12.8. The minimum atomic E-state index is -0.318. The molecule has 2 heterocycles. The Kier molecular flexibility index (Phi) is 4.90. The van der Waals surface area contributed by atoms with Gasteiger partial charge in [0.1, 0.15) is 6.04 Å². The van der Waals surface area contributed by atoms with Gasteiger partial charge in [-0.3, -0.25) is 20.1 Å². The maximum absolute atomic E-state index is 12.4. The van der Waals surface area contributed by atoms with Crippen LogP contribution in [0.3, 0.4) is 0 Å². The van der Waals surface area contributed by atoms with Gasteiger partial charge < -0.3 is 4.74 Å². The number of benzene rings is 1. The van der Waals surface area contributed by atoms with Crippen LogP contribution in [0.4, 0.5) is 5.95 Å². The number of hydrogen-bond acceptors (Lipinski definition) is 5. The number of nitrogens with one attached hydrogen (secondary N) is 2. The number of rotatable bonds is 4. The van der Waals surface area contributed by atoms with Gasteiger partial charge in [-0.2, -0.15) is 4.98 Å². The van der Waals surface area contributed by atoms with Crippen molar-refractivity contribution in [1.29, 1.82) is 0 Å². The molecule has 7 nitrogen and oxygen atoms in total. The summed E-state index contributed by atoms with van der Waals surface area (Å²) in [6, 6.07) is 6.94. The number of morpholine rings is 1. The van der Waals surface area contributed by atoms with Crippen molar-refractivity contribution in [1.82, 2.24) is 20.1 Å². The lowest BCUT2D eigenvalue weighted by atomic mass is 10.2. The normalized spacial score (nSPS) is 18.8. The van der Waals surface area contributed by atoms with Crippen molar-refractivity contribution in [3.63, 3.8) is 0 Å². The third kappa shape index (κ3) is 3.69. The van der Waals surface area contributed by atoms with Crippen LogP contribution in [0.5, 0.6) is 0 Å². The van der Waals surface area contributed by atoms with Gasteiger partial charge in [-0.15, -0.1) is 5.10 Å². The number of H-pyrrole nitrogens is 1. The highest BCUT2D eigenvalue weighted by atomic mass is 35.5. The predicted molar refractivity (Wildman–Crippen MR) is 87.3 cm³/mol. The molecule has 1 aliphatic rings. The number of amides is 1. The molecule has 1 fully saturated rings. The monoisotopic (exact) mass is 335 g/mol. The summed E-state index contributed by atoms with van der Waals surface area (Å²) < 4.78 is 5.39. The molecule has 3 rings (SSSR count). The maximum atomic E-state index is 12.4. The minimum Gasteiger partial charge on any atom is -0.378 e. The highest BCUT2D eigenvalue weighted by molar-refractivity contribution is 6.30. The van der Waals surface area contributed by atoms with Crippen LogP contribution in [0.15, 0.2) is 24.3 Å². The Morgan fingerprint density at radius 1 is 1.57 bits per heavy atom. The van der Waals surface area contributed by atoms with E-state index in [1.807, 2.05) is 19.1 Å². The molecule has 122 valence electrons. The summed E-state index contributed by atoms with van der Waals surface area (Å²) in [7, 11) is 0. The molecule has 1 aromatic carbocycles. The quantitative estimate of drug-likeness (QED) is 0.890. The van der Waals surface area contributed by atoms with E-state index in [9.17, 15) is 4.79 Å². The molecule has 1 unspecified atom stereocenters. The maximum Gasteiger partial charge on any atom is 0.249 e. The number of hydrogen-bond donors (Lipinski definition) is 2. The second kappa shape index (κ2) is 7.08. The first-order chi connectivity index (χ1) is 11.2. The fourth-order valence-electron chi connectivity index (χ4n) is 2.53. The third-order valence-electron chi connectivity index (χ3n) is 3.77. The zero-order valence-corrected chi connectivity index (χ0v) is 13.5. The number of ether oxygens (including phenoxy) is 1. The highest BCUT2D eigenvalue weighted by Gasteiger charge is 2.29. The number of carbonyl (C=O) groups is 1. The van der Waals surface area contributed by atoms with Gasteiger partial charge in [0, 0.05) is 17.1 Å². The Labute approximate surface area is 139 Å². The number of aromatic amines is 1. The smallest absolute Gasteiger partial charge is 0.249 e. The standard InChI is InChI=1S/C15H18ClN5O2/c1-2-21-6-7-23-9-12(21)14(22)18-15-17-13(19-20-15)10-4-3-5-11(16)8-10/h3-5,8,12H,2,6-7,9H2,1H3,(H2,17,18,19,20,22). The van der Waals surface area contributed by atoms with Crippen molar-refractivity contribution in [3.8, 4) is 11.4 Å². The summed E-state index contributed by atoms with van der Waals surface area (Å²) in [6.45, 7) is 4.59. The van der Waals surface area contributed by atoms with Crippen molar-refractivity contribution in [3.05, 3.63) is 29.3 Å². The summed E-state index contributed by atoms with van der Waals surface area (Å²) in [6.07, 6.45) is 0. The Morgan fingerprint density at radius 3 is 3.22 bits per heavy atom. The number of anilines is 1. The van der Waals surface area contributed by atoms with Crippen molar-refractivity contribution >= 4 is 23.5 Å². The van der Waals surface area contributed by atoms with E-state index >= 15 is 0 Å². The van der Waals surface area contributed by atoms with Gasteiger partial charge in [0.05, 0.1) is 13.2 Å².